The van der Waals surface area contributed by atoms with E-state index in [1.807, 2.05) is 24.3 Å². The third-order valence-electron chi connectivity index (χ3n) is 3.10. The molecule has 3 nitrogen and oxygen atoms in total. The van der Waals surface area contributed by atoms with E-state index in [1.54, 1.807) is 0 Å². The van der Waals surface area contributed by atoms with Gasteiger partial charge >= 0.3 is 5.97 Å². The van der Waals surface area contributed by atoms with Crippen molar-refractivity contribution < 1.29 is 9.90 Å². The molecule has 1 rings (SSSR count). The number of hydrogen-bond acceptors (Lipinski definition) is 2. The Morgan fingerprint density at radius 2 is 1.94 bits per heavy atom. The molecule has 4 heteroatoms. The monoisotopic (exact) mass is 269 g/mol. The van der Waals surface area contributed by atoms with E-state index >= 15 is 0 Å². The minimum Gasteiger partial charge on any atom is -0.481 e. The van der Waals surface area contributed by atoms with E-state index in [9.17, 15) is 4.79 Å². The average Bonchev–Trinajstić information content (AvgIpc) is 2.28. The summed E-state index contributed by atoms with van der Waals surface area (Å²) in [7, 11) is 0. The molecule has 0 saturated heterocycles. The van der Waals surface area contributed by atoms with Crippen LogP contribution in [-0.2, 0) is 4.79 Å². The van der Waals surface area contributed by atoms with Crippen molar-refractivity contribution >= 4 is 17.6 Å². The van der Waals surface area contributed by atoms with E-state index in [0.717, 1.165) is 10.6 Å². The highest BCUT2D eigenvalue weighted by Crippen LogP contribution is 2.28. The summed E-state index contributed by atoms with van der Waals surface area (Å²) in [5, 5.41) is 9.53. The fraction of sp³-hybridized carbons (Fsp3) is 0.500. The molecule has 1 aromatic carbocycles. The fourth-order valence-electron chi connectivity index (χ4n) is 2.12. The Bertz CT molecular complexity index is 407. The van der Waals surface area contributed by atoms with Crippen LogP contribution in [0, 0.1) is 0 Å². The number of halogens is 1. The zero-order valence-corrected chi connectivity index (χ0v) is 11.8. The van der Waals surface area contributed by atoms with Crippen molar-refractivity contribution in [3.8, 4) is 0 Å². The first-order chi connectivity index (χ1) is 8.43. The molecule has 0 aliphatic heterocycles. The maximum Gasteiger partial charge on any atom is 0.304 e. The lowest BCUT2D eigenvalue weighted by atomic mass is 10.0. The van der Waals surface area contributed by atoms with Crippen molar-refractivity contribution in [1.82, 2.24) is 4.90 Å². The van der Waals surface area contributed by atoms with Gasteiger partial charge < -0.3 is 5.11 Å². The van der Waals surface area contributed by atoms with E-state index in [1.165, 1.54) is 0 Å². The highest BCUT2D eigenvalue weighted by Gasteiger charge is 2.20. The molecule has 0 aromatic heterocycles. The summed E-state index contributed by atoms with van der Waals surface area (Å²) in [6, 6.07) is 8.09. The van der Waals surface area contributed by atoms with Crippen LogP contribution in [0.15, 0.2) is 24.3 Å². The van der Waals surface area contributed by atoms with Gasteiger partial charge in [-0.05, 0) is 32.4 Å². The Morgan fingerprint density at radius 3 is 2.44 bits per heavy atom. The second kappa shape index (κ2) is 6.76. The minimum atomic E-state index is -0.771. The van der Waals surface area contributed by atoms with E-state index in [-0.39, 0.29) is 18.5 Å². The minimum absolute atomic E-state index is 0.109. The molecule has 0 bridgehead atoms. The third-order valence-corrected chi connectivity index (χ3v) is 3.44. The summed E-state index contributed by atoms with van der Waals surface area (Å²) in [6.07, 6.45) is 0.146. The van der Waals surface area contributed by atoms with E-state index in [4.69, 9.17) is 16.7 Å². The lowest BCUT2D eigenvalue weighted by Gasteiger charge is -2.33. The number of nitrogens with zero attached hydrogens (tertiary/aromatic N) is 1. The van der Waals surface area contributed by atoms with Crippen LogP contribution in [0.1, 0.15) is 38.8 Å². The van der Waals surface area contributed by atoms with Crippen LogP contribution in [0.4, 0.5) is 0 Å². The predicted octanol–water partition coefficient (Wildman–Crippen LogP) is 3.59. The van der Waals surface area contributed by atoms with Gasteiger partial charge in [0.15, 0.2) is 0 Å². The van der Waals surface area contributed by atoms with E-state index in [0.29, 0.717) is 6.54 Å². The first-order valence-corrected chi connectivity index (χ1v) is 6.53. The van der Waals surface area contributed by atoms with Crippen LogP contribution in [0.25, 0.3) is 0 Å². The van der Waals surface area contributed by atoms with Gasteiger partial charge in [-0.25, -0.2) is 0 Å². The van der Waals surface area contributed by atoms with Crippen molar-refractivity contribution in [2.45, 2.75) is 39.3 Å². The second-order valence-corrected chi connectivity index (χ2v) is 5.08. The number of carboxylic acid groups (broad SMARTS) is 1. The molecule has 1 unspecified atom stereocenters. The quantitative estimate of drug-likeness (QED) is 0.858. The van der Waals surface area contributed by atoms with Gasteiger partial charge in [0, 0.05) is 23.7 Å². The molecule has 1 atom stereocenters. The maximum atomic E-state index is 10.7. The van der Waals surface area contributed by atoms with Crippen LogP contribution >= 0.6 is 11.6 Å². The molecule has 0 spiro atoms. The molecule has 0 aliphatic carbocycles. The SMILES string of the molecule is CC(C)N(CCC(=O)O)C(C)c1ccccc1Cl. The topological polar surface area (TPSA) is 40.5 Å². The molecule has 1 N–H and O–H groups in total. The Morgan fingerprint density at radius 1 is 1.33 bits per heavy atom. The van der Waals surface area contributed by atoms with Crippen LogP contribution in [0.5, 0.6) is 0 Å². The summed E-state index contributed by atoms with van der Waals surface area (Å²) in [5.74, 6) is -0.771. The van der Waals surface area contributed by atoms with Crippen molar-refractivity contribution in [3.63, 3.8) is 0 Å². The molecule has 0 amide bonds. The molecular formula is C14H20ClNO2. The summed E-state index contributed by atoms with van der Waals surface area (Å²) >= 11 is 6.19. The van der Waals surface area contributed by atoms with Gasteiger partial charge in [-0.2, -0.15) is 0 Å². The van der Waals surface area contributed by atoms with Crippen molar-refractivity contribution in [2.24, 2.45) is 0 Å². The van der Waals surface area contributed by atoms with Gasteiger partial charge in [-0.15, -0.1) is 0 Å². The molecule has 0 heterocycles. The molecule has 0 aliphatic rings. The van der Waals surface area contributed by atoms with Gasteiger partial charge in [0.25, 0.3) is 0 Å². The van der Waals surface area contributed by atoms with Crippen LogP contribution in [-0.4, -0.2) is 28.6 Å². The number of carboxylic acids is 1. The molecular weight excluding hydrogens is 250 g/mol. The van der Waals surface area contributed by atoms with E-state index in [2.05, 4.69) is 25.7 Å². The summed E-state index contributed by atoms with van der Waals surface area (Å²) < 4.78 is 0. The number of hydrogen-bond donors (Lipinski definition) is 1. The van der Waals surface area contributed by atoms with Crippen molar-refractivity contribution in [2.75, 3.05) is 6.54 Å². The average molecular weight is 270 g/mol. The standard InChI is InChI=1S/C14H20ClNO2/c1-10(2)16(9-8-14(17)18)11(3)12-6-4-5-7-13(12)15/h4-7,10-11H,8-9H2,1-3H3,(H,17,18). The second-order valence-electron chi connectivity index (χ2n) is 4.67. The molecule has 0 fully saturated rings. The largest absolute Gasteiger partial charge is 0.481 e. The van der Waals surface area contributed by atoms with Crippen LogP contribution in [0.3, 0.4) is 0 Å². The lowest BCUT2D eigenvalue weighted by molar-refractivity contribution is -0.137. The zero-order valence-electron chi connectivity index (χ0n) is 11.1. The smallest absolute Gasteiger partial charge is 0.304 e. The normalized spacial score (nSPS) is 13.0. The van der Waals surface area contributed by atoms with E-state index < -0.39 is 5.97 Å². The van der Waals surface area contributed by atoms with Crippen LogP contribution < -0.4 is 0 Å². The fourth-order valence-corrected chi connectivity index (χ4v) is 2.41. The summed E-state index contributed by atoms with van der Waals surface area (Å²) in [6.45, 7) is 6.72. The van der Waals surface area contributed by atoms with Crippen molar-refractivity contribution in [1.29, 1.82) is 0 Å². The lowest BCUT2D eigenvalue weighted by Crippen LogP contribution is -2.35. The van der Waals surface area contributed by atoms with Gasteiger partial charge in [-0.3, -0.25) is 9.69 Å². The van der Waals surface area contributed by atoms with Crippen molar-refractivity contribution in [3.05, 3.63) is 34.9 Å². The van der Waals surface area contributed by atoms with Gasteiger partial charge in [-0.1, -0.05) is 29.8 Å². The Hall–Kier alpha value is -1.06. The zero-order chi connectivity index (χ0) is 13.7. The summed E-state index contributed by atoms with van der Waals surface area (Å²) in [5.41, 5.74) is 1.04. The number of rotatable bonds is 6. The predicted molar refractivity (Wildman–Crippen MR) is 74.0 cm³/mol. The maximum absolute atomic E-state index is 10.7. The van der Waals surface area contributed by atoms with Crippen LogP contribution in [0.2, 0.25) is 5.02 Å². The Labute approximate surface area is 113 Å². The molecule has 18 heavy (non-hydrogen) atoms. The van der Waals surface area contributed by atoms with Gasteiger partial charge in [0.05, 0.1) is 6.42 Å². The summed E-state index contributed by atoms with van der Waals surface area (Å²) in [4.78, 5) is 12.8. The Kier molecular flexibility index (Phi) is 5.63. The third kappa shape index (κ3) is 4.00. The number of carbonyl (C=O) groups is 1. The number of benzene rings is 1. The molecule has 1 aromatic rings. The number of aliphatic carboxylic acids is 1. The highest BCUT2D eigenvalue weighted by molar-refractivity contribution is 6.31. The Balaban J connectivity index is 2.86. The van der Waals surface area contributed by atoms with Gasteiger partial charge in [0.2, 0.25) is 0 Å². The van der Waals surface area contributed by atoms with Gasteiger partial charge in [0.1, 0.15) is 0 Å². The molecule has 100 valence electrons. The molecule has 0 saturated carbocycles. The molecule has 0 radical (unpaired) electrons. The highest BCUT2D eigenvalue weighted by atomic mass is 35.5. The first kappa shape index (κ1) is 15.0. The first-order valence-electron chi connectivity index (χ1n) is 6.15.